The van der Waals surface area contributed by atoms with E-state index in [0.29, 0.717) is 77.8 Å². The van der Waals surface area contributed by atoms with Crippen molar-refractivity contribution < 1.29 is 19.2 Å². The van der Waals surface area contributed by atoms with Gasteiger partial charge in [0.05, 0.1) is 0 Å². The van der Waals surface area contributed by atoms with Gasteiger partial charge in [-0.05, 0) is 85.8 Å². The van der Waals surface area contributed by atoms with Crippen molar-refractivity contribution in [3.8, 4) is 11.1 Å². The fourth-order valence-electron chi connectivity index (χ4n) is 7.52. The molecule has 2 aromatic carbocycles. The van der Waals surface area contributed by atoms with Gasteiger partial charge in [-0.3, -0.25) is 29.4 Å². The number of aliphatic imine (C=N–C) groups is 2. The van der Waals surface area contributed by atoms with Crippen LogP contribution < -0.4 is 22.9 Å². The molecule has 2 aliphatic heterocycles. The molecule has 2 atom stereocenters. The van der Waals surface area contributed by atoms with Gasteiger partial charge in [-0.2, -0.15) is 0 Å². The second-order valence-corrected chi connectivity index (χ2v) is 15.0. The van der Waals surface area contributed by atoms with E-state index in [2.05, 4.69) is 36.0 Å². The van der Waals surface area contributed by atoms with E-state index in [4.69, 9.17) is 22.9 Å². The Bertz CT molecular complexity index is 1550. The van der Waals surface area contributed by atoms with Gasteiger partial charge >= 0.3 is 12.1 Å². The number of hydrogen-bond acceptors (Lipinski definition) is 6. The van der Waals surface area contributed by atoms with Crippen LogP contribution in [0.3, 0.4) is 0 Å². The van der Waals surface area contributed by atoms with Gasteiger partial charge in [-0.25, -0.2) is 9.59 Å². The Morgan fingerprint density at radius 3 is 1.34 bits per heavy atom. The predicted octanol–water partition coefficient (Wildman–Crippen LogP) is 5.67. The summed E-state index contributed by atoms with van der Waals surface area (Å²) >= 11 is 0. The zero-order valence-corrected chi connectivity index (χ0v) is 33.5. The molecule has 0 spiro atoms. The van der Waals surface area contributed by atoms with E-state index in [0.717, 1.165) is 73.6 Å². The third-order valence-corrected chi connectivity index (χ3v) is 10.5. The normalized spacial score (nSPS) is 17.0. The van der Waals surface area contributed by atoms with Crippen LogP contribution >= 0.6 is 0 Å². The van der Waals surface area contributed by atoms with Gasteiger partial charge < -0.3 is 32.7 Å². The third kappa shape index (κ3) is 12.4. The second kappa shape index (κ2) is 22.4. The first-order valence-electron chi connectivity index (χ1n) is 20.6. The van der Waals surface area contributed by atoms with Crippen molar-refractivity contribution in [1.29, 1.82) is 0 Å². The maximum Gasteiger partial charge on any atom is 0.327 e. The summed E-state index contributed by atoms with van der Waals surface area (Å²) in [6.07, 6.45) is 11.7. The SMILES string of the molecule is CCCCCCN1C(=O)[C@H](CCCCN=C(N)N)N(Cc2cccc(-c3cccc(CN4C(=O)N(CCCCCC)C(=O)[C@@H]4CCCCN=C(N)N)c3)c2)C1=O. The standard InChI is InChI=1S/C42H64N10O4/c1-3-5-7-13-25-49-37(53)35(21-9-11-23-47-39(43)44)51(41(49)55)29-31-17-15-19-33(27-31)34-20-16-18-32(28-34)30-52-36(22-10-12-24-48-40(45)46)38(54)50(42(52)56)26-14-8-6-4-2/h15-20,27-28,35-36H,3-14,21-26,29-30H2,1-2H3,(H4,43,44,47)(H4,45,46,48)/t35-,36-/m0/s1. The van der Waals surface area contributed by atoms with Crippen LogP contribution in [-0.2, 0) is 22.7 Å². The smallest absolute Gasteiger partial charge is 0.327 e. The molecule has 2 aromatic rings. The van der Waals surface area contributed by atoms with E-state index in [9.17, 15) is 19.2 Å². The molecule has 4 rings (SSSR count). The number of carbonyl (C=O) groups excluding carboxylic acids is 4. The minimum atomic E-state index is -0.550. The molecule has 14 nitrogen and oxygen atoms in total. The summed E-state index contributed by atoms with van der Waals surface area (Å²) in [5.41, 5.74) is 25.6. The lowest BCUT2D eigenvalue weighted by Gasteiger charge is -2.23. The van der Waals surface area contributed by atoms with Crippen molar-refractivity contribution in [3.63, 3.8) is 0 Å². The number of hydrogen-bond donors (Lipinski definition) is 4. The number of imide groups is 2. The predicted molar refractivity (Wildman–Crippen MR) is 222 cm³/mol. The van der Waals surface area contributed by atoms with Crippen molar-refractivity contribution in [1.82, 2.24) is 19.6 Å². The van der Waals surface area contributed by atoms with Crippen LogP contribution in [0.15, 0.2) is 58.5 Å². The first kappa shape index (κ1) is 43.6. The second-order valence-electron chi connectivity index (χ2n) is 15.0. The number of rotatable bonds is 25. The first-order valence-corrected chi connectivity index (χ1v) is 20.6. The van der Waals surface area contributed by atoms with E-state index in [-0.39, 0.29) is 35.8 Å². The van der Waals surface area contributed by atoms with E-state index in [1.54, 1.807) is 9.80 Å². The molecule has 6 amide bonds. The van der Waals surface area contributed by atoms with Crippen LogP contribution in [0.1, 0.15) is 115 Å². The molecule has 2 fully saturated rings. The van der Waals surface area contributed by atoms with E-state index in [1.165, 1.54) is 9.80 Å². The number of unbranched alkanes of at least 4 members (excludes halogenated alkanes) is 8. The zero-order valence-electron chi connectivity index (χ0n) is 33.5. The van der Waals surface area contributed by atoms with Crippen LogP contribution in [0.2, 0.25) is 0 Å². The number of nitrogens with zero attached hydrogens (tertiary/aromatic N) is 6. The Labute approximate surface area is 332 Å². The van der Waals surface area contributed by atoms with Gasteiger partial charge in [-0.1, -0.05) is 88.8 Å². The molecular weight excluding hydrogens is 709 g/mol. The number of urea groups is 2. The molecule has 56 heavy (non-hydrogen) atoms. The Morgan fingerprint density at radius 1 is 0.554 bits per heavy atom. The monoisotopic (exact) mass is 773 g/mol. The Hall–Kier alpha value is -5.14. The number of carbonyl (C=O) groups is 4. The topological polar surface area (TPSA) is 210 Å². The molecule has 2 heterocycles. The van der Waals surface area contributed by atoms with Gasteiger partial charge in [0.25, 0.3) is 11.8 Å². The molecule has 0 saturated carbocycles. The molecule has 0 aromatic heterocycles. The first-order chi connectivity index (χ1) is 27.0. The summed E-state index contributed by atoms with van der Waals surface area (Å²) < 4.78 is 0. The van der Waals surface area contributed by atoms with Gasteiger partial charge in [0.2, 0.25) is 0 Å². The van der Waals surface area contributed by atoms with Gasteiger partial charge in [-0.15, -0.1) is 0 Å². The number of guanidine groups is 2. The molecule has 0 radical (unpaired) electrons. The Balaban J connectivity index is 1.50. The average Bonchev–Trinajstić information content (AvgIpc) is 3.53. The van der Waals surface area contributed by atoms with Crippen molar-refractivity contribution in [2.75, 3.05) is 26.2 Å². The molecule has 0 bridgehead atoms. The van der Waals surface area contributed by atoms with Crippen LogP contribution in [0.4, 0.5) is 9.59 Å². The molecule has 2 aliphatic rings. The zero-order chi connectivity index (χ0) is 40.5. The molecule has 0 aliphatic carbocycles. The largest absolute Gasteiger partial charge is 0.370 e. The number of amides is 6. The quantitative estimate of drug-likeness (QED) is 0.0427. The fourth-order valence-corrected chi connectivity index (χ4v) is 7.52. The van der Waals surface area contributed by atoms with Gasteiger partial charge in [0, 0.05) is 39.3 Å². The van der Waals surface area contributed by atoms with Gasteiger partial charge in [0.1, 0.15) is 12.1 Å². The Morgan fingerprint density at radius 2 is 0.964 bits per heavy atom. The lowest BCUT2D eigenvalue weighted by Crippen LogP contribution is -2.35. The van der Waals surface area contributed by atoms with Crippen LogP contribution in [-0.4, -0.2) is 93.7 Å². The van der Waals surface area contributed by atoms with Crippen LogP contribution in [0.25, 0.3) is 11.1 Å². The molecule has 14 heteroatoms. The summed E-state index contributed by atoms with van der Waals surface area (Å²) in [5.74, 6) is -0.200. The third-order valence-electron chi connectivity index (χ3n) is 10.5. The van der Waals surface area contributed by atoms with Crippen molar-refractivity contribution in [2.45, 2.75) is 129 Å². The highest BCUT2D eigenvalue weighted by molar-refractivity contribution is 6.04. The minimum absolute atomic E-state index is 0.0402. The molecule has 306 valence electrons. The molecule has 0 unspecified atom stereocenters. The van der Waals surface area contributed by atoms with Crippen LogP contribution in [0.5, 0.6) is 0 Å². The highest BCUT2D eigenvalue weighted by atomic mass is 16.2. The van der Waals surface area contributed by atoms with Crippen molar-refractivity contribution in [2.24, 2.45) is 32.9 Å². The summed E-state index contributed by atoms with van der Waals surface area (Å²) in [4.78, 5) is 69.1. The maximum atomic E-state index is 13.7. The van der Waals surface area contributed by atoms with Crippen LogP contribution in [0, 0.1) is 0 Å². The van der Waals surface area contributed by atoms with Crippen molar-refractivity contribution in [3.05, 3.63) is 59.7 Å². The van der Waals surface area contributed by atoms with Crippen molar-refractivity contribution >= 4 is 35.8 Å². The molecule has 8 N–H and O–H groups in total. The summed E-state index contributed by atoms with van der Waals surface area (Å²) in [6, 6.07) is 14.4. The molecule has 2 saturated heterocycles. The van der Waals surface area contributed by atoms with Gasteiger partial charge in [0.15, 0.2) is 11.9 Å². The lowest BCUT2D eigenvalue weighted by molar-refractivity contribution is -0.129. The van der Waals surface area contributed by atoms with E-state index >= 15 is 0 Å². The molecular formula is C42H64N10O4. The van der Waals surface area contributed by atoms with E-state index in [1.807, 2.05) is 36.4 Å². The summed E-state index contributed by atoms with van der Waals surface area (Å²) in [6.45, 7) is 6.65. The highest BCUT2D eigenvalue weighted by Gasteiger charge is 2.45. The minimum Gasteiger partial charge on any atom is -0.370 e. The highest BCUT2D eigenvalue weighted by Crippen LogP contribution is 2.30. The lowest BCUT2D eigenvalue weighted by atomic mass is 10.00. The maximum absolute atomic E-state index is 13.7. The van der Waals surface area contributed by atoms with E-state index < -0.39 is 12.1 Å². The number of benzene rings is 2. The number of nitrogens with two attached hydrogens (primary N) is 4. The summed E-state index contributed by atoms with van der Waals surface area (Å²) in [5, 5.41) is 0. The Kier molecular flexibility index (Phi) is 17.5. The summed E-state index contributed by atoms with van der Waals surface area (Å²) in [7, 11) is 0. The fraction of sp³-hybridized carbons (Fsp3) is 0.571. The average molecular weight is 773 g/mol.